The minimum atomic E-state index is -3.78. The van der Waals surface area contributed by atoms with Gasteiger partial charge in [-0.3, -0.25) is 9.59 Å². The van der Waals surface area contributed by atoms with E-state index < -0.39 is 10.0 Å². The number of rotatable bonds is 6. The Morgan fingerprint density at radius 1 is 1.00 bits per heavy atom. The summed E-state index contributed by atoms with van der Waals surface area (Å²) in [6.07, 6.45) is 3.01. The van der Waals surface area contributed by atoms with Gasteiger partial charge in [-0.15, -0.1) is 0 Å². The number of hydrogen-bond donors (Lipinski definition) is 0. The van der Waals surface area contributed by atoms with Crippen LogP contribution in [0.4, 0.5) is 0 Å². The number of sulfonamides is 1. The second-order valence-corrected chi connectivity index (χ2v) is 11.8. The third-order valence-corrected chi connectivity index (χ3v) is 9.37. The molecule has 0 unspecified atom stereocenters. The fourth-order valence-corrected chi connectivity index (χ4v) is 6.10. The van der Waals surface area contributed by atoms with Gasteiger partial charge < -0.3 is 9.80 Å². The molecule has 1 fully saturated rings. The molecule has 1 aliphatic heterocycles. The number of carbonyl (C=O) groups is 2. The van der Waals surface area contributed by atoms with Crippen LogP contribution in [-0.4, -0.2) is 74.6 Å². The molecule has 182 valence electrons. The van der Waals surface area contributed by atoms with E-state index in [9.17, 15) is 18.0 Å². The molecule has 7 nitrogen and oxygen atoms in total. The van der Waals surface area contributed by atoms with Crippen molar-refractivity contribution in [3.05, 3.63) is 58.1 Å². The highest BCUT2D eigenvalue weighted by molar-refractivity contribution is 8.00. The monoisotopic (exact) mass is 541 g/mol. The molecule has 0 saturated carbocycles. The van der Waals surface area contributed by atoms with Crippen LogP contribution < -0.4 is 0 Å². The lowest BCUT2D eigenvalue weighted by molar-refractivity contribution is -0.135. The van der Waals surface area contributed by atoms with Crippen molar-refractivity contribution >= 4 is 62.9 Å². The molecule has 0 aromatic heterocycles. The van der Waals surface area contributed by atoms with Crippen LogP contribution in [0.25, 0.3) is 6.08 Å². The van der Waals surface area contributed by atoms with Gasteiger partial charge in [0, 0.05) is 63.1 Å². The summed E-state index contributed by atoms with van der Waals surface area (Å²) >= 11 is 13.6. The zero-order valence-electron chi connectivity index (χ0n) is 19.0. The highest BCUT2D eigenvalue weighted by Crippen LogP contribution is 2.40. The van der Waals surface area contributed by atoms with Crippen molar-refractivity contribution in [3.8, 4) is 0 Å². The number of piperazine rings is 1. The van der Waals surface area contributed by atoms with Gasteiger partial charge in [-0.05, 0) is 35.9 Å². The number of nitrogens with zero attached hydrogens (tertiary/aromatic N) is 3. The fraction of sp³-hybridized carbons (Fsp3) is 0.304. The van der Waals surface area contributed by atoms with E-state index in [1.165, 1.54) is 44.9 Å². The fourth-order valence-electron chi connectivity index (χ4n) is 3.31. The second-order valence-electron chi connectivity index (χ2n) is 7.81. The van der Waals surface area contributed by atoms with E-state index in [-0.39, 0.29) is 16.7 Å². The van der Waals surface area contributed by atoms with Crippen molar-refractivity contribution in [2.45, 2.75) is 21.6 Å². The molecule has 1 aliphatic rings. The molecule has 1 heterocycles. The Morgan fingerprint density at radius 2 is 1.65 bits per heavy atom. The summed E-state index contributed by atoms with van der Waals surface area (Å²) in [5.41, 5.74) is 0.567. The van der Waals surface area contributed by atoms with E-state index in [0.29, 0.717) is 51.6 Å². The molecule has 0 radical (unpaired) electrons. The number of carbonyl (C=O) groups excluding carboxylic acids is 2. The summed E-state index contributed by atoms with van der Waals surface area (Å²) in [6.45, 7) is 3.42. The van der Waals surface area contributed by atoms with Crippen LogP contribution in [0.3, 0.4) is 0 Å². The van der Waals surface area contributed by atoms with Gasteiger partial charge in [0.1, 0.15) is 0 Å². The Balaban J connectivity index is 1.86. The van der Waals surface area contributed by atoms with E-state index in [1.54, 1.807) is 46.2 Å². The molecule has 0 bridgehead atoms. The molecule has 2 amide bonds. The quantitative estimate of drug-likeness (QED) is 0.514. The molecule has 0 spiro atoms. The van der Waals surface area contributed by atoms with E-state index in [4.69, 9.17) is 23.2 Å². The van der Waals surface area contributed by atoms with Gasteiger partial charge >= 0.3 is 0 Å². The predicted molar refractivity (Wildman–Crippen MR) is 136 cm³/mol. The van der Waals surface area contributed by atoms with Gasteiger partial charge in [0.15, 0.2) is 0 Å². The summed E-state index contributed by atoms with van der Waals surface area (Å²) in [4.78, 5) is 28.6. The maximum atomic E-state index is 13.0. The van der Waals surface area contributed by atoms with Crippen molar-refractivity contribution in [1.82, 2.24) is 14.1 Å². The third-order valence-electron chi connectivity index (χ3n) is 5.32. The Bertz CT molecular complexity index is 1220. The SMILES string of the molecule is CC(=O)N1CCN(C(=O)/C=C/c2ccc(Sc3cccc(Cl)c3Cl)c(S(=O)(=O)N(C)C)c2)CC1. The van der Waals surface area contributed by atoms with Crippen molar-refractivity contribution in [2.75, 3.05) is 40.3 Å². The van der Waals surface area contributed by atoms with Gasteiger partial charge in [-0.1, -0.05) is 47.1 Å². The van der Waals surface area contributed by atoms with Crippen LogP contribution >= 0.6 is 35.0 Å². The van der Waals surface area contributed by atoms with E-state index in [0.717, 1.165) is 4.31 Å². The van der Waals surface area contributed by atoms with Gasteiger partial charge in [-0.2, -0.15) is 0 Å². The topological polar surface area (TPSA) is 78.0 Å². The van der Waals surface area contributed by atoms with Gasteiger partial charge in [0.2, 0.25) is 21.8 Å². The second kappa shape index (κ2) is 11.1. The molecule has 2 aromatic carbocycles. The first-order chi connectivity index (χ1) is 16.0. The molecular formula is C23H25Cl2N3O4S2. The standard InChI is InChI=1S/C23H25Cl2N3O4S2/c1-16(29)27-11-13-28(14-12-27)22(30)10-8-17-7-9-19(21(15-17)34(31,32)26(2)3)33-20-6-4-5-18(24)23(20)25/h4-10,15H,11-14H2,1-3H3/b10-8+. The average Bonchev–Trinajstić information content (AvgIpc) is 2.81. The van der Waals surface area contributed by atoms with Crippen molar-refractivity contribution in [1.29, 1.82) is 0 Å². The lowest BCUT2D eigenvalue weighted by Crippen LogP contribution is -2.49. The van der Waals surface area contributed by atoms with Crippen LogP contribution in [-0.2, 0) is 19.6 Å². The van der Waals surface area contributed by atoms with Gasteiger partial charge in [0.25, 0.3) is 0 Å². The first kappa shape index (κ1) is 26.6. The molecule has 1 saturated heterocycles. The lowest BCUT2D eigenvalue weighted by Gasteiger charge is -2.33. The largest absolute Gasteiger partial charge is 0.339 e. The number of benzene rings is 2. The third kappa shape index (κ3) is 6.14. The minimum Gasteiger partial charge on any atom is -0.339 e. The number of halogens is 2. The molecule has 2 aromatic rings. The molecule has 0 atom stereocenters. The molecule has 0 aliphatic carbocycles. The number of amides is 2. The minimum absolute atomic E-state index is 0.00528. The Labute approximate surface area is 214 Å². The highest BCUT2D eigenvalue weighted by Gasteiger charge is 2.24. The predicted octanol–water partition coefficient (Wildman–Crippen LogP) is 4.10. The van der Waals surface area contributed by atoms with E-state index in [2.05, 4.69) is 0 Å². The first-order valence-corrected chi connectivity index (χ1v) is 13.4. The van der Waals surface area contributed by atoms with Crippen LogP contribution in [0.1, 0.15) is 12.5 Å². The lowest BCUT2D eigenvalue weighted by atomic mass is 10.2. The van der Waals surface area contributed by atoms with Crippen LogP contribution in [0.2, 0.25) is 10.0 Å². The van der Waals surface area contributed by atoms with Crippen LogP contribution in [0.15, 0.2) is 57.2 Å². The van der Waals surface area contributed by atoms with Gasteiger partial charge in [-0.25, -0.2) is 12.7 Å². The van der Waals surface area contributed by atoms with E-state index in [1.807, 2.05) is 0 Å². The maximum Gasteiger partial charge on any atom is 0.246 e. The average molecular weight is 543 g/mol. The molecule has 3 rings (SSSR count). The molecule has 34 heavy (non-hydrogen) atoms. The normalized spacial score (nSPS) is 14.8. The van der Waals surface area contributed by atoms with Crippen molar-refractivity contribution in [2.24, 2.45) is 0 Å². The smallest absolute Gasteiger partial charge is 0.246 e. The Hall–Kier alpha value is -2.04. The Morgan fingerprint density at radius 3 is 2.26 bits per heavy atom. The molecular weight excluding hydrogens is 517 g/mol. The summed E-state index contributed by atoms with van der Waals surface area (Å²) in [5, 5.41) is 0.729. The zero-order chi connectivity index (χ0) is 25.0. The summed E-state index contributed by atoms with van der Waals surface area (Å²) in [6, 6.07) is 10.1. The summed E-state index contributed by atoms with van der Waals surface area (Å²) < 4.78 is 27.2. The van der Waals surface area contributed by atoms with Crippen molar-refractivity contribution < 1.29 is 18.0 Å². The van der Waals surface area contributed by atoms with Crippen LogP contribution in [0.5, 0.6) is 0 Å². The summed E-state index contributed by atoms with van der Waals surface area (Å²) in [5.74, 6) is -0.196. The summed E-state index contributed by atoms with van der Waals surface area (Å²) in [7, 11) is -0.854. The molecule has 0 N–H and O–H groups in total. The molecule has 11 heteroatoms. The van der Waals surface area contributed by atoms with Crippen molar-refractivity contribution in [3.63, 3.8) is 0 Å². The van der Waals surface area contributed by atoms with Gasteiger partial charge in [0.05, 0.1) is 14.9 Å². The van der Waals surface area contributed by atoms with E-state index >= 15 is 0 Å². The first-order valence-electron chi connectivity index (χ1n) is 10.4. The van der Waals surface area contributed by atoms with Crippen LogP contribution in [0, 0.1) is 0 Å². The zero-order valence-corrected chi connectivity index (χ0v) is 22.1. The highest BCUT2D eigenvalue weighted by atomic mass is 35.5. The number of hydrogen-bond acceptors (Lipinski definition) is 5. The Kier molecular flexibility index (Phi) is 8.70. The maximum absolute atomic E-state index is 13.0.